The van der Waals surface area contributed by atoms with Gasteiger partial charge < -0.3 is 10.6 Å². The second-order valence-corrected chi connectivity index (χ2v) is 5.24. The highest BCUT2D eigenvalue weighted by atomic mass is 19.4. The van der Waals surface area contributed by atoms with Gasteiger partial charge in [-0.1, -0.05) is 26.0 Å². The number of carbonyl (C=O) groups excluding carboxylic acids is 1. The molecule has 1 aromatic heterocycles. The van der Waals surface area contributed by atoms with Gasteiger partial charge in [-0.3, -0.25) is 4.79 Å². The van der Waals surface area contributed by atoms with Gasteiger partial charge >= 0.3 is 6.18 Å². The number of nitrogens with zero attached hydrogens (tertiary/aromatic N) is 1. The summed E-state index contributed by atoms with van der Waals surface area (Å²) in [6.07, 6.45) is -3.08. The fourth-order valence-corrected chi connectivity index (χ4v) is 1.81. The fourth-order valence-electron chi connectivity index (χ4n) is 1.81. The van der Waals surface area contributed by atoms with Crippen molar-refractivity contribution < 1.29 is 18.0 Å². The molecule has 2 N–H and O–H groups in total. The number of carbonyl (C=O) groups is 1. The summed E-state index contributed by atoms with van der Waals surface area (Å²) in [7, 11) is 0. The first-order chi connectivity index (χ1) is 10.8. The minimum Gasteiger partial charge on any atom is -0.354 e. The molecular formula is C16H16F3N3O. The highest BCUT2D eigenvalue weighted by Crippen LogP contribution is 2.35. The lowest BCUT2D eigenvalue weighted by Gasteiger charge is -2.14. The Morgan fingerprint density at radius 3 is 2.39 bits per heavy atom. The van der Waals surface area contributed by atoms with Crippen LogP contribution in [0.15, 0.2) is 42.6 Å². The van der Waals surface area contributed by atoms with E-state index < -0.39 is 11.7 Å². The molecule has 0 fully saturated rings. The monoisotopic (exact) mass is 323 g/mol. The average Bonchev–Trinajstić information content (AvgIpc) is 2.48. The van der Waals surface area contributed by atoms with E-state index in [4.69, 9.17) is 0 Å². The molecule has 0 aliphatic rings. The molecule has 0 unspecified atom stereocenters. The van der Waals surface area contributed by atoms with Crippen LogP contribution in [0.3, 0.4) is 0 Å². The second kappa shape index (κ2) is 6.68. The van der Waals surface area contributed by atoms with Gasteiger partial charge in [0.25, 0.3) is 0 Å². The van der Waals surface area contributed by atoms with Crippen molar-refractivity contribution >= 4 is 23.1 Å². The number of halogens is 3. The lowest BCUT2D eigenvalue weighted by molar-refractivity contribution is -0.136. The number of aromatic nitrogens is 1. The Labute approximate surface area is 131 Å². The van der Waals surface area contributed by atoms with Crippen molar-refractivity contribution in [1.82, 2.24) is 4.98 Å². The van der Waals surface area contributed by atoms with Crippen LogP contribution >= 0.6 is 0 Å². The molecule has 0 spiro atoms. The Hall–Kier alpha value is -2.57. The van der Waals surface area contributed by atoms with Crippen LogP contribution < -0.4 is 10.6 Å². The van der Waals surface area contributed by atoms with E-state index in [2.05, 4.69) is 15.6 Å². The predicted octanol–water partition coefficient (Wildman–Crippen LogP) is 4.44. The molecule has 0 radical (unpaired) electrons. The SMILES string of the molecule is CC(C)C(=O)Nc1ccc(Nc2ccccc2C(F)(F)F)cn1. The Bertz CT molecular complexity index is 682. The third kappa shape index (κ3) is 4.45. The van der Waals surface area contributed by atoms with E-state index in [1.165, 1.54) is 30.5 Å². The third-order valence-electron chi connectivity index (χ3n) is 3.05. The standard InChI is InChI=1S/C16H16F3N3O/c1-10(2)15(23)22-14-8-7-11(9-20-14)21-13-6-4-3-5-12(13)16(17,18)19/h3-10,21H,1-2H3,(H,20,22,23). The van der Waals surface area contributed by atoms with E-state index >= 15 is 0 Å². The molecular weight excluding hydrogens is 307 g/mol. The van der Waals surface area contributed by atoms with Gasteiger partial charge in [0.1, 0.15) is 5.82 Å². The maximum Gasteiger partial charge on any atom is 0.418 e. The van der Waals surface area contributed by atoms with E-state index in [0.29, 0.717) is 11.5 Å². The van der Waals surface area contributed by atoms with Crippen molar-refractivity contribution in [3.8, 4) is 0 Å². The number of pyridine rings is 1. The van der Waals surface area contributed by atoms with Gasteiger partial charge in [0, 0.05) is 5.92 Å². The summed E-state index contributed by atoms with van der Waals surface area (Å²) >= 11 is 0. The van der Waals surface area contributed by atoms with Gasteiger partial charge in [-0.25, -0.2) is 4.98 Å². The number of benzene rings is 1. The number of alkyl halides is 3. The highest BCUT2D eigenvalue weighted by Gasteiger charge is 2.33. The molecule has 0 aliphatic carbocycles. The maximum absolute atomic E-state index is 12.9. The van der Waals surface area contributed by atoms with Crippen LogP contribution in [0.25, 0.3) is 0 Å². The third-order valence-corrected chi connectivity index (χ3v) is 3.05. The molecule has 1 amide bonds. The minimum absolute atomic E-state index is 0.0548. The van der Waals surface area contributed by atoms with Crippen LogP contribution in [-0.4, -0.2) is 10.9 Å². The maximum atomic E-state index is 12.9. The molecule has 4 nitrogen and oxygen atoms in total. The van der Waals surface area contributed by atoms with Crippen molar-refractivity contribution in [2.24, 2.45) is 5.92 Å². The van der Waals surface area contributed by atoms with Crippen molar-refractivity contribution in [3.05, 3.63) is 48.2 Å². The first kappa shape index (κ1) is 16.8. The van der Waals surface area contributed by atoms with Gasteiger partial charge in [0.15, 0.2) is 0 Å². The van der Waals surface area contributed by atoms with Crippen molar-refractivity contribution in [1.29, 1.82) is 0 Å². The average molecular weight is 323 g/mol. The Kier molecular flexibility index (Phi) is 4.88. The van der Waals surface area contributed by atoms with Crippen LogP contribution in [0.5, 0.6) is 0 Å². The summed E-state index contributed by atoms with van der Waals surface area (Å²) in [6.45, 7) is 3.50. The second-order valence-electron chi connectivity index (χ2n) is 5.24. The number of anilines is 3. The van der Waals surface area contributed by atoms with E-state index in [0.717, 1.165) is 6.07 Å². The van der Waals surface area contributed by atoms with Crippen LogP contribution in [0, 0.1) is 5.92 Å². The van der Waals surface area contributed by atoms with Crippen LogP contribution in [0.1, 0.15) is 19.4 Å². The topological polar surface area (TPSA) is 54.0 Å². The zero-order valence-corrected chi connectivity index (χ0v) is 12.6. The molecule has 0 saturated heterocycles. The van der Waals surface area contributed by atoms with E-state index in [1.807, 2.05) is 0 Å². The van der Waals surface area contributed by atoms with Gasteiger partial charge in [-0.15, -0.1) is 0 Å². The minimum atomic E-state index is -4.44. The molecule has 2 rings (SSSR count). The largest absolute Gasteiger partial charge is 0.418 e. The van der Waals surface area contributed by atoms with Crippen molar-refractivity contribution in [2.75, 3.05) is 10.6 Å². The first-order valence-electron chi connectivity index (χ1n) is 6.97. The van der Waals surface area contributed by atoms with E-state index in [-0.39, 0.29) is 17.5 Å². The summed E-state index contributed by atoms with van der Waals surface area (Å²) < 4.78 is 38.8. The smallest absolute Gasteiger partial charge is 0.354 e. The normalized spacial score (nSPS) is 11.4. The number of rotatable bonds is 4. The van der Waals surface area contributed by atoms with E-state index in [9.17, 15) is 18.0 Å². The molecule has 1 heterocycles. The summed E-state index contributed by atoms with van der Waals surface area (Å²) in [5, 5.41) is 5.30. The van der Waals surface area contributed by atoms with Crippen LogP contribution in [0.2, 0.25) is 0 Å². The molecule has 122 valence electrons. The first-order valence-corrected chi connectivity index (χ1v) is 6.97. The Morgan fingerprint density at radius 1 is 1.13 bits per heavy atom. The Balaban J connectivity index is 2.15. The number of para-hydroxylation sites is 1. The van der Waals surface area contributed by atoms with Gasteiger partial charge in [-0.2, -0.15) is 13.2 Å². The fraction of sp³-hybridized carbons (Fsp3) is 0.250. The van der Waals surface area contributed by atoms with Crippen LogP contribution in [0.4, 0.5) is 30.4 Å². The molecule has 1 aromatic carbocycles. The van der Waals surface area contributed by atoms with Crippen LogP contribution in [-0.2, 0) is 11.0 Å². The van der Waals surface area contributed by atoms with Crippen molar-refractivity contribution in [3.63, 3.8) is 0 Å². The number of nitrogens with one attached hydrogen (secondary N) is 2. The Morgan fingerprint density at radius 2 is 1.83 bits per heavy atom. The summed E-state index contributed by atoms with van der Waals surface area (Å²) in [5.74, 6) is -0.0211. The number of hydrogen-bond donors (Lipinski definition) is 2. The summed E-state index contributed by atoms with van der Waals surface area (Å²) in [5.41, 5.74) is -0.415. The van der Waals surface area contributed by atoms with Gasteiger partial charge in [-0.05, 0) is 24.3 Å². The zero-order chi connectivity index (χ0) is 17.0. The number of hydrogen-bond acceptors (Lipinski definition) is 3. The van der Waals surface area contributed by atoms with Gasteiger partial charge in [0.05, 0.1) is 23.1 Å². The predicted molar refractivity (Wildman–Crippen MR) is 82.4 cm³/mol. The van der Waals surface area contributed by atoms with E-state index in [1.54, 1.807) is 19.9 Å². The molecule has 7 heteroatoms. The molecule has 2 aromatic rings. The molecule has 0 atom stereocenters. The highest BCUT2D eigenvalue weighted by molar-refractivity contribution is 5.91. The summed E-state index contributed by atoms with van der Waals surface area (Å²) in [4.78, 5) is 15.6. The molecule has 0 aliphatic heterocycles. The molecule has 0 bridgehead atoms. The zero-order valence-electron chi connectivity index (χ0n) is 12.6. The number of amides is 1. The van der Waals surface area contributed by atoms with Gasteiger partial charge in [0.2, 0.25) is 5.91 Å². The lowest BCUT2D eigenvalue weighted by atomic mass is 10.1. The lowest BCUT2D eigenvalue weighted by Crippen LogP contribution is -2.18. The summed E-state index contributed by atoms with van der Waals surface area (Å²) in [6, 6.07) is 8.28. The molecule has 0 saturated carbocycles. The quantitative estimate of drug-likeness (QED) is 0.874. The van der Waals surface area contributed by atoms with Crippen molar-refractivity contribution in [2.45, 2.75) is 20.0 Å². The molecule has 23 heavy (non-hydrogen) atoms.